The highest BCUT2D eigenvalue weighted by atomic mass is 79.9. The van der Waals surface area contributed by atoms with E-state index in [1.165, 1.54) is 6.08 Å². The predicted molar refractivity (Wildman–Crippen MR) is 128 cm³/mol. The van der Waals surface area contributed by atoms with Crippen LogP contribution in [0.25, 0.3) is 6.08 Å². The van der Waals surface area contributed by atoms with Gasteiger partial charge in [0, 0.05) is 11.6 Å². The second-order valence-corrected chi connectivity index (χ2v) is 8.10. The van der Waals surface area contributed by atoms with Gasteiger partial charge in [-0.1, -0.05) is 41.9 Å². The molecule has 0 unspecified atom stereocenters. The van der Waals surface area contributed by atoms with E-state index in [2.05, 4.69) is 21.2 Å². The third-order valence-corrected chi connectivity index (χ3v) is 5.42. The number of hydrogen-bond donors (Lipinski definition) is 1. The second-order valence-electron chi connectivity index (χ2n) is 6.81. The molecule has 0 aromatic heterocycles. The summed E-state index contributed by atoms with van der Waals surface area (Å²) in [7, 11) is 1.59. The Kier molecular flexibility index (Phi) is 8.32. The van der Waals surface area contributed by atoms with Gasteiger partial charge < -0.3 is 14.8 Å². The van der Waals surface area contributed by atoms with E-state index in [1.807, 2.05) is 54.6 Å². The summed E-state index contributed by atoms with van der Waals surface area (Å²) in [6, 6.07) is 22.1. The van der Waals surface area contributed by atoms with Crippen LogP contribution in [0.5, 0.6) is 11.5 Å². The van der Waals surface area contributed by atoms with Crippen molar-refractivity contribution < 1.29 is 14.3 Å². The zero-order valence-corrected chi connectivity index (χ0v) is 19.6. The quantitative estimate of drug-likeness (QED) is 0.301. The van der Waals surface area contributed by atoms with E-state index in [-0.39, 0.29) is 5.57 Å². The van der Waals surface area contributed by atoms with E-state index in [1.54, 1.807) is 25.3 Å². The molecule has 162 valence electrons. The van der Waals surface area contributed by atoms with Gasteiger partial charge in [-0.3, -0.25) is 4.79 Å². The van der Waals surface area contributed by atoms with Crippen molar-refractivity contribution in [1.82, 2.24) is 5.32 Å². The Morgan fingerprint density at radius 2 is 1.78 bits per heavy atom. The molecule has 0 aliphatic heterocycles. The number of carbonyl (C=O) groups is 1. The first kappa shape index (κ1) is 23.4. The van der Waals surface area contributed by atoms with Gasteiger partial charge in [0.05, 0.1) is 11.6 Å². The van der Waals surface area contributed by atoms with Crippen molar-refractivity contribution in [2.45, 2.75) is 13.2 Å². The fourth-order valence-electron chi connectivity index (χ4n) is 2.80. The van der Waals surface area contributed by atoms with E-state index in [9.17, 15) is 10.1 Å². The molecule has 0 atom stereocenters. The van der Waals surface area contributed by atoms with Crippen LogP contribution in [-0.4, -0.2) is 13.0 Å². The summed E-state index contributed by atoms with van der Waals surface area (Å²) in [4.78, 5) is 12.4. The molecule has 3 aromatic rings. The predicted octanol–water partition coefficient (Wildman–Crippen LogP) is 5.91. The highest BCUT2D eigenvalue weighted by Crippen LogP contribution is 2.28. The van der Waals surface area contributed by atoms with Crippen LogP contribution < -0.4 is 14.8 Å². The minimum Gasteiger partial charge on any atom is -0.497 e. The van der Waals surface area contributed by atoms with Crippen LogP contribution in [0.2, 0.25) is 5.02 Å². The van der Waals surface area contributed by atoms with E-state index in [0.717, 1.165) is 21.3 Å². The molecule has 0 aliphatic carbocycles. The Hall–Kier alpha value is -3.27. The third kappa shape index (κ3) is 6.61. The number of nitriles is 1. The van der Waals surface area contributed by atoms with E-state index < -0.39 is 5.91 Å². The number of nitrogens with zero attached hydrogens (tertiary/aromatic N) is 1. The van der Waals surface area contributed by atoms with Gasteiger partial charge in [0.15, 0.2) is 0 Å². The van der Waals surface area contributed by atoms with Crippen LogP contribution >= 0.6 is 27.5 Å². The molecule has 7 heteroatoms. The molecule has 0 spiro atoms. The Labute approximate surface area is 200 Å². The monoisotopic (exact) mass is 510 g/mol. The lowest BCUT2D eigenvalue weighted by Gasteiger charge is -2.09. The first-order chi connectivity index (χ1) is 15.5. The molecule has 0 radical (unpaired) electrons. The first-order valence-electron chi connectivity index (χ1n) is 9.68. The van der Waals surface area contributed by atoms with Crippen LogP contribution in [0.3, 0.4) is 0 Å². The zero-order chi connectivity index (χ0) is 22.9. The van der Waals surface area contributed by atoms with E-state index >= 15 is 0 Å². The molecule has 5 nitrogen and oxygen atoms in total. The topological polar surface area (TPSA) is 71.3 Å². The van der Waals surface area contributed by atoms with Crippen LogP contribution in [0.15, 0.2) is 76.8 Å². The van der Waals surface area contributed by atoms with E-state index in [4.69, 9.17) is 21.1 Å². The summed E-state index contributed by atoms with van der Waals surface area (Å²) in [5.41, 5.74) is 2.61. The number of nitrogens with one attached hydrogen (secondary N) is 1. The molecule has 0 bridgehead atoms. The van der Waals surface area contributed by atoms with Gasteiger partial charge in [-0.25, -0.2) is 0 Å². The number of ether oxygens (including phenoxy) is 2. The first-order valence-corrected chi connectivity index (χ1v) is 10.9. The molecule has 0 heterocycles. The Morgan fingerprint density at radius 3 is 2.41 bits per heavy atom. The third-order valence-electron chi connectivity index (χ3n) is 4.55. The van der Waals surface area contributed by atoms with E-state index in [0.29, 0.717) is 29.5 Å². The van der Waals surface area contributed by atoms with Gasteiger partial charge >= 0.3 is 0 Å². The van der Waals surface area contributed by atoms with Crippen LogP contribution in [0.1, 0.15) is 16.7 Å². The van der Waals surface area contributed by atoms with Crippen molar-refractivity contribution in [3.05, 3.63) is 98.5 Å². The maximum Gasteiger partial charge on any atom is 0.262 e. The summed E-state index contributed by atoms with van der Waals surface area (Å²) >= 11 is 9.38. The number of rotatable bonds is 8. The minimum absolute atomic E-state index is 0.0141. The number of benzene rings is 3. The van der Waals surface area contributed by atoms with Crippen molar-refractivity contribution in [1.29, 1.82) is 5.26 Å². The lowest BCUT2D eigenvalue weighted by Crippen LogP contribution is -2.23. The standard InChI is InChI=1S/C25H20BrClN2O3/c1-31-22-9-4-17(5-10-22)15-29-25(30)20(14-28)12-19-6-11-24(23(26)13-19)32-16-18-2-7-21(27)8-3-18/h2-13H,15-16H2,1H3,(H,29,30)/b20-12-. The Morgan fingerprint density at radius 1 is 1.09 bits per heavy atom. The summed E-state index contributed by atoms with van der Waals surface area (Å²) in [5, 5.41) is 12.9. The van der Waals surface area contributed by atoms with Gasteiger partial charge in [0.2, 0.25) is 0 Å². The molecular formula is C25H20BrClN2O3. The van der Waals surface area contributed by atoms with Crippen LogP contribution in [0, 0.1) is 11.3 Å². The molecule has 3 rings (SSSR count). The summed E-state index contributed by atoms with van der Waals surface area (Å²) < 4.78 is 11.7. The van der Waals surface area contributed by atoms with Gasteiger partial charge in [-0.15, -0.1) is 0 Å². The smallest absolute Gasteiger partial charge is 0.262 e. The molecule has 3 aromatic carbocycles. The molecule has 0 aliphatic rings. The number of amides is 1. The molecule has 0 fully saturated rings. The Balaban J connectivity index is 1.62. The van der Waals surface area contributed by atoms with Gasteiger partial charge in [0.1, 0.15) is 29.7 Å². The molecule has 1 amide bonds. The second kappa shape index (κ2) is 11.4. The van der Waals surface area contributed by atoms with Crippen molar-refractivity contribution in [2.75, 3.05) is 7.11 Å². The maximum atomic E-state index is 12.4. The normalized spacial score (nSPS) is 10.9. The van der Waals surface area contributed by atoms with Crippen LogP contribution in [0.4, 0.5) is 0 Å². The number of carbonyl (C=O) groups excluding carboxylic acids is 1. The van der Waals surface area contributed by atoms with Gasteiger partial charge in [-0.2, -0.15) is 5.26 Å². The molecule has 0 saturated heterocycles. The SMILES string of the molecule is COc1ccc(CNC(=O)/C(C#N)=C\c2ccc(OCc3ccc(Cl)cc3)c(Br)c2)cc1. The van der Waals surface area contributed by atoms with Crippen molar-refractivity contribution in [3.63, 3.8) is 0 Å². The fourth-order valence-corrected chi connectivity index (χ4v) is 3.44. The largest absolute Gasteiger partial charge is 0.497 e. The summed E-state index contributed by atoms with van der Waals surface area (Å²) in [5.74, 6) is 0.950. The van der Waals surface area contributed by atoms with Crippen LogP contribution in [-0.2, 0) is 17.9 Å². The molecule has 1 N–H and O–H groups in total. The molecular weight excluding hydrogens is 492 g/mol. The Bertz CT molecular complexity index is 1150. The van der Waals surface area contributed by atoms with Crippen molar-refractivity contribution in [3.8, 4) is 17.6 Å². The minimum atomic E-state index is -0.442. The summed E-state index contributed by atoms with van der Waals surface area (Å²) in [6.07, 6.45) is 1.54. The highest BCUT2D eigenvalue weighted by Gasteiger charge is 2.10. The van der Waals surface area contributed by atoms with Gasteiger partial charge in [0.25, 0.3) is 5.91 Å². The average Bonchev–Trinajstić information content (AvgIpc) is 2.81. The number of hydrogen-bond acceptors (Lipinski definition) is 4. The van der Waals surface area contributed by atoms with Crippen molar-refractivity contribution in [2.24, 2.45) is 0 Å². The molecule has 0 saturated carbocycles. The summed E-state index contributed by atoms with van der Waals surface area (Å²) in [6.45, 7) is 0.700. The lowest BCUT2D eigenvalue weighted by atomic mass is 10.1. The van der Waals surface area contributed by atoms with Crippen molar-refractivity contribution >= 4 is 39.5 Å². The molecule has 32 heavy (non-hydrogen) atoms. The maximum absolute atomic E-state index is 12.4. The van der Waals surface area contributed by atoms with Gasteiger partial charge in [-0.05, 0) is 75.1 Å². The fraction of sp³-hybridized carbons (Fsp3) is 0.120. The lowest BCUT2D eigenvalue weighted by molar-refractivity contribution is -0.117. The highest BCUT2D eigenvalue weighted by molar-refractivity contribution is 9.10. The number of halogens is 2. The number of methoxy groups -OCH3 is 1. The zero-order valence-electron chi connectivity index (χ0n) is 17.3. The average molecular weight is 512 g/mol.